The van der Waals surface area contributed by atoms with Gasteiger partial charge in [-0.05, 0) is 23.9 Å². The summed E-state index contributed by atoms with van der Waals surface area (Å²) in [6.07, 6.45) is 1.58. The Morgan fingerprint density at radius 2 is 2.21 bits per heavy atom. The summed E-state index contributed by atoms with van der Waals surface area (Å²) < 4.78 is 3.68. The minimum Gasteiger partial charge on any atom is -0.315 e. The fraction of sp³-hybridized carbons (Fsp3) is 0.700. The minimum absolute atomic E-state index is 0.718. The van der Waals surface area contributed by atoms with Crippen molar-refractivity contribution in [2.24, 2.45) is 0 Å². The van der Waals surface area contributed by atoms with E-state index in [4.69, 9.17) is 0 Å². The Balaban J connectivity index is 1.90. The maximum Gasteiger partial charge on any atom is 0.209 e. The summed E-state index contributed by atoms with van der Waals surface area (Å²) in [5.41, 5.74) is 0. The molecule has 0 aliphatic carbocycles. The number of hydrogen-bond donors (Lipinski definition) is 1. The van der Waals surface area contributed by atoms with Crippen molar-refractivity contribution in [2.75, 3.05) is 13.1 Å². The molecule has 0 spiro atoms. The van der Waals surface area contributed by atoms with Crippen LogP contribution in [0.1, 0.15) is 19.7 Å². The van der Waals surface area contributed by atoms with E-state index in [0.29, 0.717) is 0 Å². The zero-order chi connectivity index (χ0) is 13.5. The third-order valence-electron chi connectivity index (χ3n) is 2.58. The van der Waals surface area contributed by atoms with Crippen LogP contribution in [0, 0.1) is 0 Å². The maximum atomic E-state index is 4.23. The molecule has 1 N–H and O–H groups in total. The van der Waals surface area contributed by atoms with E-state index in [1.165, 1.54) is 0 Å². The van der Waals surface area contributed by atoms with Gasteiger partial charge in [-0.2, -0.15) is 5.10 Å². The van der Waals surface area contributed by atoms with Crippen molar-refractivity contribution in [3.63, 3.8) is 0 Å². The molecule has 0 amide bonds. The number of nitrogens with one attached hydrogen (secondary N) is 1. The SMILES string of the molecule is CCNCCn1nnnc1SCc1ncnn1CC. The molecule has 2 aromatic heterocycles. The van der Waals surface area contributed by atoms with E-state index >= 15 is 0 Å². The molecule has 0 aliphatic rings. The van der Waals surface area contributed by atoms with Crippen LogP contribution in [0.5, 0.6) is 0 Å². The van der Waals surface area contributed by atoms with Crippen LogP contribution in [0.4, 0.5) is 0 Å². The molecule has 2 rings (SSSR count). The van der Waals surface area contributed by atoms with Gasteiger partial charge in [-0.1, -0.05) is 18.7 Å². The monoisotopic (exact) mass is 282 g/mol. The molecule has 0 saturated carbocycles. The lowest BCUT2D eigenvalue weighted by Crippen LogP contribution is -2.20. The first-order valence-corrected chi connectivity index (χ1v) is 7.30. The fourth-order valence-corrected chi connectivity index (χ4v) is 2.45. The van der Waals surface area contributed by atoms with Gasteiger partial charge >= 0.3 is 0 Å². The van der Waals surface area contributed by atoms with Crippen LogP contribution in [0.25, 0.3) is 0 Å². The lowest BCUT2D eigenvalue weighted by molar-refractivity contribution is 0.517. The second kappa shape index (κ2) is 7.19. The predicted octanol–water partition coefficient (Wildman–Crippen LogP) is 0.186. The highest BCUT2D eigenvalue weighted by atomic mass is 32.2. The van der Waals surface area contributed by atoms with Crippen LogP contribution in [0.3, 0.4) is 0 Å². The summed E-state index contributed by atoms with van der Waals surface area (Å²) in [6, 6.07) is 0. The number of rotatable bonds is 8. The number of likely N-dealkylation sites (N-methyl/N-ethyl adjacent to an activating group) is 1. The Kier molecular flexibility index (Phi) is 5.28. The molecule has 0 atom stereocenters. The summed E-state index contributed by atoms with van der Waals surface area (Å²) in [7, 11) is 0. The third-order valence-corrected chi connectivity index (χ3v) is 3.53. The van der Waals surface area contributed by atoms with E-state index < -0.39 is 0 Å². The zero-order valence-corrected chi connectivity index (χ0v) is 12.0. The maximum absolute atomic E-state index is 4.23. The Labute approximate surface area is 116 Å². The molecule has 0 aromatic carbocycles. The summed E-state index contributed by atoms with van der Waals surface area (Å²) in [5.74, 6) is 1.66. The van der Waals surface area contributed by atoms with E-state index in [0.717, 1.165) is 42.9 Å². The molecule has 9 heteroatoms. The third kappa shape index (κ3) is 3.74. The van der Waals surface area contributed by atoms with Gasteiger partial charge in [0.2, 0.25) is 5.16 Å². The Morgan fingerprint density at radius 1 is 1.32 bits per heavy atom. The zero-order valence-electron chi connectivity index (χ0n) is 11.2. The highest BCUT2D eigenvalue weighted by molar-refractivity contribution is 7.98. The van der Waals surface area contributed by atoms with Gasteiger partial charge in [0, 0.05) is 13.1 Å². The molecular formula is C10H18N8S. The number of thioether (sulfide) groups is 1. The first-order valence-electron chi connectivity index (χ1n) is 6.31. The number of tetrazole rings is 1. The standard InChI is InChI=1S/C10H18N8S/c1-3-11-5-6-18-10(14-15-16-18)19-7-9-12-8-13-17(9)4-2/h8,11H,3-7H2,1-2H3. The highest BCUT2D eigenvalue weighted by Gasteiger charge is 2.09. The van der Waals surface area contributed by atoms with Gasteiger partial charge in [-0.15, -0.1) is 5.10 Å². The first-order chi connectivity index (χ1) is 9.35. The second-order valence-electron chi connectivity index (χ2n) is 3.82. The van der Waals surface area contributed by atoms with Crippen molar-refractivity contribution in [3.05, 3.63) is 12.2 Å². The largest absolute Gasteiger partial charge is 0.315 e. The molecule has 2 heterocycles. The van der Waals surface area contributed by atoms with Gasteiger partial charge in [0.25, 0.3) is 0 Å². The lowest BCUT2D eigenvalue weighted by Gasteiger charge is -2.05. The van der Waals surface area contributed by atoms with Crippen molar-refractivity contribution in [1.29, 1.82) is 0 Å². The molecular weight excluding hydrogens is 264 g/mol. The van der Waals surface area contributed by atoms with Crippen LogP contribution >= 0.6 is 11.8 Å². The summed E-state index contributed by atoms with van der Waals surface area (Å²) in [4.78, 5) is 4.23. The molecule has 0 saturated heterocycles. The van der Waals surface area contributed by atoms with Gasteiger partial charge < -0.3 is 5.32 Å². The van der Waals surface area contributed by atoms with Gasteiger partial charge in [-0.25, -0.2) is 14.3 Å². The number of nitrogens with zero attached hydrogens (tertiary/aromatic N) is 7. The average molecular weight is 282 g/mol. The van der Waals surface area contributed by atoms with E-state index in [2.05, 4.69) is 37.8 Å². The van der Waals surface area contributed by atoms with Crippen LogP contribution in [0.15, 0.2) is 11.5 Å². The normalized spacial score (nSPS) is 11.1. The Bertz CT molecular complexity index is 493. The van der Waals surface area contributed by atoms with Gasteiger partial charge in [-0.3, -0.25) is 0 Å². The summed E-state index contributed by atoms with van der Waals surface area (Å²) in [5, 5.41) is 19.9. The van der Waals surface area contributed by atoms with Gasteiger partial charge in [0.1, 0.15) is 12.2 Å². The Morgan fingerprint density at radius 3 is 3.00 bits per heavy atom. The number of hydrogen-bond acceptors (Lipinski definition) is 7. The predicted molar refractivity (Wildman–Crippen MR) is 71.6 cm³/mol. The fourth-order valence-electron chi connectivity index (χ4n) is 1.60. The van der Waals surface area contributed by atoms with Crippen LogP contribution in [-0.4, -0.2) is 48.1 Å². The molecule has 2 aromatic rings. The molecule has 0 bridgehead atoms. The van der Waals surface area contributed by atoms with Crippen LogP contribution < -0.4 is 5.32 Å². The molecule has 0 radical (unpaired) electrons. The Hall–Kier alpha value is -1.48. The van der Waals surface area contributed by atoms with Gasteiger partial charge in [0.15, 0.2) is 0 Å². The highest BCUT2D eigenvalue weighted by Crippen LogP contribution is 2.18. The first kappa shape index (κ1) is 13.9. The molecule has 0 aliphatic heterocycles. The van der Waals surface area contributed by atoms with Crippen molar-refractivity contribution < 1.29 is 0 Å². The van der Waals surface area contributed by atoms with Crippen molar-refractivity contribution >= 4 is 11.8 Å². The van der Waals surface area contributed by atoms with Gasteiger partial charge in [0.05, 0.1) is 12.3 Å². The molecule has 104 valence electrons. The van der Waals surface area contributed by atoms with Crippen LogP contribution in [0.2, 0.25) is 0 Å². The second-order valence-corrected chi connectivity index (χ2v) is 4.76. The van der Waals surface area contributed by atoms with E-state index in [9.17, 15) is 0 Å². The van der Waals surface area contributed by atoms with E-state index in [-0.39, 0.29) is 0 Å². The lowest BCUT2D eigenvalue weighted by atomic mass is 10.6. The van der Waals surface area contributed by atoms with E-state index in [1.807, 2.05) is 11.6 Å². The molecule has 0 fully saturated rings. The van der Waals surface area contributed by atoms with Crippen LogP contribution in [-0.2, 0) is 18.8 Å². The van der Waals surface area contributed by atoms with E-state index in [1.54, 1.807) is 22.8 Å². The molecule has 19 heavy (non-hydrogen) atoms. The molecule has 0 unspecified atom stereocenters. The summed E-state index contributed by atoms with van der Waals surface area (Å²) in [6.45, 7) is 7.52. The average Bonchev–Trinajstić information content (AvgIpc) is 3.04. The smallest absolute Gasteiger partial charge is 0.209 e. The molecule has 8 nitrogen and oxygen atoms in total. The number of aryl methyl sites for hydroxylation is 1. The quantitative estimate of drug-likeness (QED) is 0.546. The van der Waals surface area contributed by atoms with Crippen molar-refractivity contribution in [1.82, 2.24) is 40.3 Å². The van der Waals surface area contributed by atoms with Crippen molar-refractivity contribution in [2.45, 2.75) is 37.8 Å². The topological polar surface area (TPSA) is 86.3 Å². The van der Waals surface area contributed by atoms with Crippen molar-refractivity contribution in [3.8, 4) is 0 Å². The minimum atomic E-state index is 0.718. The summed E-state index contributed by atoms with van der Waals surface area (Å²) >= 11 is 1.57. The number of aromatic nitrogens is 7.